The summed E-state index contributed by atoms with van der Waals surface area (Å²) in [6.45, 7) is 0. The lowest BCUT2D eigenvalue weighted by atomic mass is 9.97. The maximum absolute atomic E-state index is 11.7. The van der Waals surface area contributed by atoms with Crippen molar-refractivity contribution >= 4 is 56.7 Å². The number of fused-ring (bicyclic) bond motifs is 5. The number of rotatable bonds is 6. The largest absolute Gasteiger partial charge is 0.468 e. The summed E-state index contributed by atoms with van der Waals surface area (Å²) < 4.78 is 6.81. The number of ether oxygens (including phenoxy) is 1. The molecule has 0 amide bonds. The molecule has 5 rings (SSSR count). The molecule has 0 aliphatic heterocycles. The second kappa shape index (κ2) is 8.56. The van der Waals surface area contributed by atoms with Crippen LogP contribution in [0.2, 0.25) is 0 Å². The van der Waals surface area contributed by atoms with Gasteiger partial charge in [-0.05, 0) is 36.8 Å². The number of esters is 1. The van der Waals surface area contributed by atoms with Crippen molar-refractivity contribution in [2.45, 2.75) is 41.7 Å². The molecule has 0 atom stereocenters. The van der Waals surface area contributed by atoms with Crippen LogP contribution >= 0.6 is 34.9 Å². The van der Waals surface area contributed by atoms with Crippen molar-refractivity contribution in [3.05, 3.63) is 46.3 Å². The normalized spacial score (nSPS) is 13.6. The molecule has 0 bridgehead atoms. The highest BCUT2D eigenvalue weighted by atomic mass is 32.2. The van der Waals surface area contributed by atoms with E-state index in [4.69, 9.17) is 9.72 Å². The average Bonchev–Trinajstić information content (AvgIpc) is 3.37. The number of carbonyl (C=O) groups excluding carboxylic acids is 1. The summed E-state index contributed by atoms with van der Waals surface area (Å²) in [5.41, 5.74) is 3.47. The van der Waals surface area contributed by atoms with Gasteiger partial charge in [0.2, 0.25) is 0 Å². The summed E-state index contributed by atoms with van der Waals surface area (Å²) >= 11 is 4.81. The molecule has 1 aromatic carbocycles. The zero-order valence-electron chi connectivity index (χ0n) is 16.5. The Morgan fingerprint density at radius 1 is 1.13 bits per heavy atom. The number of thiophene rings is 1. The highest BCUT2D eigenvalue weighted by molar-refractivity contribution is 8.00. The minimum atomic E-state index is -0.280. The van der Waals surface area contributed by atoms with Gasteiger partial charge in [0, 0.05) is 10.6 Å². The molecular formula is C21H20N4O2S3. The Morgan fingerprint density at radius 2 is 1.97 bits per heavy atom. The fourth-order valence-corrected chi connectivity index (χ4v) is 6.78. The fourth-order valence-electron chi connectivity index (χ4n) is 3.70. The van der Waals surface area contributed by atoms with Crippen LogP contribution in [-0.4, -0.2) is 38.4 Å². The monoisotopic (exact) mass is 456 g/mol. The Bertz CT molecular complexity index is 1220. The van der Waals surface area contributed by atoms with Crippen LogP contribution in [0.5, 0.6) is 0 Å². The van der Waals surface area contributed by atoms with Gasteiger partial charge in [0.05, 0.1) is 18.2 Å². The van der Waals surface area contributed by atoms with Gasteiger partial charge in [-0.25, -0.2) is 9.38 Å². The quantitative estimate of drug-likeness (QED) is 0.235. The SMILES string of the molecule is COC(=O)CSc1nnc2c3c4c(sc3nc(SCc3ccccc3)n12)CCCC4. The molecule has 30 heavy (non-hydrogen) atoms. The van der Waals surface area contributed by atoms with Gasteiger partial charge in [-0.1, -0.05) is 53.9 Å². The smallest absolute Gasteiger partial charge is 0.316 e. The maximum atomic E-state index is 11.7. The van der Waals surface area contributed by atoms with Gasteiger partial charge in [-0.2, -0.15) is 0 Å². The van der Waals surface area contributed by atoms with Crippen LogP contribution in [-0.2, 0) is 28.1 Å². The van der Waals surface area contributed by atoms with Crippen LogP contribution in [0.25, 0.3) is 15.9 Å². The molecule has 0 unspecified atom stereocenters. The number of aromatic nitrogens is 4. The Labute approximate surface area is 186 Å². The van der Waals surface area contributed by atoms with Crippen molar-refractivity contribution in [2.75, 3.05) is 12.9 Å². The molecule has 0 spiro atoms. The van der Waals surface area contributed by atoms with Crippen molar-refractivity contribution in [2.24, 2.45) is 0 Å². The standard InChI is InChI=1S/C21H20N4O2S3/c1-27-16(26)12-29-21-24-23-18-17-14-9-5-6-10-15(14)30-19(17)22-20(25(18)21)28-11-13-7-3-2-4-8-13/h2-4,7-8H,5-6,9-12H2,1H3. The summed E-state index contributed by atoms with van der Waals surface area (Å²) in [7, 11) is 1.40. The molecule has 1 aliphatic carbocycles. The fraction of sp³-hybridized carbons (Fsp3) is 0.333. The van der Waals surface area contributed by atoms with Gasteiger partial charge in [0.15, 0.2) is 16.0 Å². The number of methoxy groups -OCH3 is 1. The van der Waals surface area contributed by atoms with E-state index in [1.54, 1.807) is 23.1 Å². The molecule has 0 saturated heterocycles. The molecule has 0 radical (unpaired) electrons. The molecule has 3 aromatic heterocycles. The average molecular weight is 457 g/mol. The van der Waals surface area contributed by atoms with Crippen molar-refractivity contribution in [1.29, 1.82) is 0 Å². The first-order chi connectivity index (χ1) is 14.7. The number of benzene rings is 1. The Hall–Kier alpha value is -2.10. The summed E-state index contributed by atoms with van der Waals surface area (Å²) in [4.78, 5) is 19.2. The van der Waals surface area contributed by atoms with Crippen LogP contribution in [0.15, 0.2) is 40.6 Å². The van der Waals surface area contributed by atoms with E-state index < -0.39 is 0 Å². The van der Waals surface area contributed by atoms with Gasteiger partial charge in [0.1, 0.15) is 4.83 Å². The molecular weight excluding hydrogens is 436 g/mol. The number of hydrogen-bond acceptors (Lipinski definition) is 8. The lowest BCUT2D eigenvalue weighted by Crippen LogP contribution is -2.05. The summed E-state index contributed by atoms with van der Waals surface area (Å²) in [6.07, 6.45) is 4.63. The molecule has 0 fully saturated rings. The number of thioether (sulfide) groups is 2. The number of hydrogen-bond donors (Lipinski definition) is 0. The van der Waals surface area contributed by atoms with Crippen LogP contribution in [0.4, 0.5) is 0 Å². The van der Waals surface area contributed by atoms with E-state index in [0.29, 0.717) is 5.16 Å². The maximum Gasteiger partial charge on any atom is 0.316 e. The number of nitrogens with zero attached hydrogens (tertiary/aromatic N) is 4. The van der Waals surface area contributed by atoms with E-state index in [1.165, 1.54) is 47.7 Å². The van der Waals surface area contributed by atoms with E-state index in [-0.39, 0.29) is 11.7 Å². The highest BCUT2D eigenvalue weighted by Gasteiger charge is 2.24. The predicted octanol–water partition coefficient (Wildman–Crippen LogP) is 4.78. The van der Waals surface area contributed by atoms with E-state index in [2.05, 4.69) is 22.3 Å². The molecule has 154 valence electrons. The van der Waals surface area contributed by atoms with Crippen LogP contribution in [0, 0.1) is 0 Å². The molecule has 9 heteroatoms. The minimum absolute atomic E-state index is 0.194. The summed E-state index contributed by atoms with van der Waals surface area (Å²) in [5, 5.41) is 11.6. The van der Waals surface area contributed by atoms with Crippen molar-refractivity contribution in [1.82, 2.24) is 19.6 Å². The van der Waals surface area contributed by atoms with E-state index in [0.717, 1.165) is 39.6 Å². The highest BCUT2D eigenvalue weighted by Crippen LogP contribution is 2.40. The summed E-state index contributed by atoms with van der Waals surface area (Å²) in [6, 6.07) is 10.4. The van der Waals surface area contributed by atoms with Crippen LogP contribution in [0.3, 0.4) is 0 Å². The van der Waals surface area contributed by atoms with Gasteiger partial charge >= 0.3 is 5.97 Å². The second-order valence-corrected chi connectivity index (χ2v) is 10.0. The second-order valence-electron chi connectivity index (χ2n) is 7.07. The first-order valence-electron chi connectivity index (χ1n) is 9.80. The first kappa shape index (κ1) is 19.8. The van der Waals surface area contributed by atoms with E-state index in [9.17, 15) is 4.79 Å². The van der Waals surface area contributed by atoms with E-state index in [1.807, 2.05) is 22.6 Å². The summed E-state index contributed by atoms with van der Waals surface area (Å²) in [5.74, 6) is 0.718. The minimum Gasteiger partial charge on any atom is -0.468 e. The number of aryl methyl sites for hydroxylation is 2. The number of carbonyl (C=O) groups is 1. The lowest BCUT2D eigenvalue weighted by Gasteiger charge is -2.11. The van der Waals surface area contributed by atoms with Crippen molar-refractivity contribution in [3.8, 4) is 0 Å². The van der Waals surface area contributed by atoms with Gasteiger partial charge in [-0.15, -0.1) is 21.5 Å². The molecule has 6 nitrogen and oxygen atoms in total. The van der Waals surface area contributed by atoms with Gasteiger partial charge in [0.25, 0.3) is 0 Å². The molecule has 4 aromatic rings. The molecule has 0 saturated carbocycles. The molecule has 1 aliphatic rings. The van der Waals surface area contributed by atoms with Gasteiger partial charge in [-0.3, -0.25) is 4.79 Å². The Kier molecular flexibility index (Phi) is 5.66. The zero-order chi connectivity index (χ0) is 20.5. The Balaban J connectivity index is 1.61. The van der Waals surface area contributed by atoms with Crippen LogP contribution in [0.1, 0.15) is 28.8 Å². The zero-order valence-corrected chi connectivity index (χ0v) is 18.9. The van der Waals surface area contributed by atoms with E-state index >= 15 is 0 Å². The third kappa shape index (κ3) is 3.70. The molecule has 3 heterocycles. The third-order valence-electron chi connectivity index (χ3n) is 5.16. The predicted molar refractivity (Wildman–Crippen MR) is 122 cm³/mol. The van der Waals surface area contributed by atoms with Crippen molar-refractivity contribution in [3.63, 3.8) is 0 Å². The lowest BCUT2D eigenvalue weighted by molar-refractivity contribution is -0.137. The molecule has 0 N–H and O–H groups in total. The van der Waals surface area contributed by atoms with Crippen LogP contribution < -0.4 is 0 Å². The first-order valence-corrected chi connectivity index (χ1v) is 12.6. The van der Waals surface area contributed by atoms with Gasteiger partial charge < -0.3 is 4.74 Å². The van der Waals surface area contributed by atoms with Crippen molar-refractivity contribution < 1.29 is 9.53 Å². The third-order valence-corrected chi connectivity index (χ3v) is 8.25. The Morgan fingerprint density at radius 3 is 2.80 bits per heavy atom. The topological polar surface area (TPSA) is 69.4 Å².